The predicted octanol–water partition coefficient (Wildman–Crippen LogP) is 2.72. The molecule has 1 aromatic heterocycles. The van der Waals surface area contributed by atoms with E-state index in [1.165, 1.54) is 24.3 Å². The first-order chi connectivity index (χ1) is 15.9. The van der Waals surface area contributed by atoms with Gasteiger partial charge < -0.3 is 19.9 Å². The molecule has 2 aromatic rings. The number of ether oxygens (including phenoxy) is 2. The van der Waals surface area contributed by atoms with Crippen molar-refractivity contribution in [2.75, 3.05) is 26.4 Å². The molecule has 33 heavy (non-hydrogen) atoms. The van der Waals surface area contributed by atoms with Gasteiger partial charge in [0.05, 0.1) is 34.7 Å². The Balaban J connectivity index is 1.68. The number of esters is 1. The number of carboxylic acids is 1. The van der Waals surface area contributed by atoms with E-state index in [-0.39, 0.29) is 24.0 Å². The number of hydrogen-bond acceptors (Lipinski definition) is 6. The molecule has 0 saturated carbocycles. The Bertz CT molecular complexity index is 983. The molecule has 0 fully saturated rings. The standard InChI is InChI=1S/C24H31N3O6/c1-3-19-21-20(6-4-12-32-13-5-11-25-22(21)28)27(26-19)14-16(2)15-33-24(31)18-9-7-17(8-10-18)23(29)30/h7-10,16H,3-6,11-15H2,1-2H3,(H,25,28)(H,29,30)/t16-/m1/s1. The summed E-state index contributed by atoms with van der Waals surface area (Å²) in [5.41, 5.74) is 2.72. The predicted molar refractivity (Wildman–Crippen MR) is 121 cm³/mol. The monoisotopic (exact) mass is 457 g/mol. The minimum Gasteiger partial charge on any atom is -0.478 e. The van der Waals surface area contributed by atoms with Crippen LogP contribution in [0.15, 0.2) is 24.3 Å². The van der Waals surface area contributed by atoms with Crippen LogP contribution in [0.2, 0.25) is 0 Å². The highest BCUT2D eigenvalue weighted by atomic mass is 16.5. The Hall–Kier alpha value is -3.20. The van der Waals surface area contributed by atoms with Crippen LogP contribution in [0.1, 0.15) is 69.2 Å². The lowest BCUT2D eigenvalue weighted by Crippen LogP contribution is -2.27. The first-order valence-electron chi connectivity index (χ1n) is 11.4. The molecule has 0 bridgehead atoms. The molecule has 1 aromatic carbocycles. The van der Waals surface area contributed by atoms with Gasteiger partial charge in [0.1, 0.15) is 0 Å². The van der Waals surface area contributed by atoms with E-state index >= 15 is 0 Å². The van der Waals surface area contributed by atoms with Crippen molar-refractivity contribution in [1.29, 1.82) is 0 Å². The quantitative estimate of drug-likeness (QED) is 0.614. The number of benzene rings is 1. The lowest BCUT2D eigenvalue weighted by molar-refractivity contribution is 0.0434. The summed E-state index contributed by atoms with van der Waals surface area (Å²) in [5, 5.41) is 16.6. The topological polar surface area (TPSA) is 120 Å². The van der Waals surface area contributed by atoms with E-state index in [2.05, 4.69) is 5.32 Å². The van der Waals surface area contributed by atoms with E-state index in [1.54, 1.807) is 0 Å². The molecule has 1 aliphatic heterocycles. The van der Waals surface area contributed by atoms with Gasteiger partial charge in [-0.1, -0.05) is 13.8 Å². The summed E-state index contributed by atoms with van der Waals surface area (Å²) in [7, 11) is 0. The molecular formula is C24H31N3O6. The van der Waals surface area contributed by atoms with Gasteiger partial charge >= 0.3 is 11.9 Å². The molecule has 1 atom stereocenters. The average molecular weight is 458 g/mol. The second-order valence-corrected chi connectivity index (χ2v) is 8.22. The molecule has 2 heterocycles. The normalized spacial score (nSPS) is 15.6. The van der Waals surface area contributed by atoms with Crippen molar-refractivity contribution >= 4 is 17.8 Å². The summed E-state index contributed by atoms with van der Waals surface area (Å²) in [5.74, 6) is -1.70. The third-order valence-electron chi connectivity index (χ3n) is 5.50. The van der Waals surface area contributed by atoms with Crippen LogP contribution in [-0.2, 0) is 28.9 Å². The van der Waals surface area contributed by atoms with Crippen molar-refractivity contribution in [3.63, 3.8) is 0 Å². The number of rotatable bonds is 7. The van der Waals surface area contributed by atoms with Crippen LogP contribution >= 0.6 is 0 Å². The third-order valence-corrected chi connectivity index (χ3v) is 5.50. The van der Waals surface area contributed by atoms with Crippen LogP contribution in [0.25, 0.3) is 0 Å². The van der Waals surface area contributed by atoms with Crippen molar-refractivity contribution < 1.29 is 29.0 Å². The summed E-state index contributed by atoms with van der Waals surface area (Å²) < 4.78 is 12.9. The molecule has 0 aliphatic carbocycles. The molecule has 0 saturated heterocycles. The highest BCUT2D eigenvalue weighted by Crippen LogP contribution is 2.20. The molecule has 1 aliphatic rings. The number of nitrogens with zero attached hydrogens (tertiary/aromatic N) is 2. The Kier molecular flexibility index (Phi) is 8.59. The number of hydrogen-bond donors (Lipinski definition) is 2. The van der Waals surface area contributed by atoms with E-state index in [9.17, 15) is 14.4 Å². The van der Waals surface area contributed by atoms with E-state index in [0.717, 1.165) is 24.2 Å². The van der Waals surface area contributed by atoms with Crippen molar-refractivity contribution in [3.05, 3.63) is 52.3 Å². The van der Waals surface area contributed by atoms with Gasteiger partial charge in [0.25, 0.3) is 5.91 Å². The lowest BCUT2D eigenvalue weighted by atomic mass is 10.1. The van der Waals surface area contributed by atoms with Gasteiger partial charge in [0.15, 0.2) is 0 Å². The van der Waals surface area contributed by atoms with Gasteiger partial charge in [-0.2, -0.15) is 5.10 Å². The number of fused-ring (bicyclic) bond motifs is 1. The molecule has 3 rings (SSSR count). The minimum absolute atomic E-state index is 0.0431. The van der Waals surface area contributed by atoms with Crippen molar-refractivity contribution in [2.45, 2.75) is 46.1 Å². The fourth-order valence-electron chi connectivity index (χ4n) is 3.77. The molecule has 178 valence electrons. The summed E-state index contributed by atoms with van der Waals surface area (Å²) in [6.45, 7) is 6.43. The lowest BCUT2D eigenvalue weighted by Gasteiger charge is -2.15. The summed E-state index contributed by atoms with van der Waals surface area (Å²) in [6, 6.07) is 5.63. The third kappa shape index (κ3) is 6.41. The molecule has 0 unspecified atom stereocenters. The largest absolute Gasteiger partial charge is 0.478 e. The molecule has 9 heteroatoms. The zero-order chi connectivity index (χ0) is 23.8. The number of aryl methyl sites for hydroxylation is 1. The fraction of sp³-hybridized carbons (Fsp3) is 0.500. The van der Waals surface area contributed by atoms with Crippen LogP contribution in [0.3, 0.4) is 0 Å². The highest BCUT2D eigenvalue weighted by molar-refractivity contribution is 5.96. The molecular weight excluding hydrogens is 426 g/mol. The maximum absolute atomic E-state index is 12.8. The van der Waals surface area contributed by atoms with Crippen LogP contribution in [-0.4, -0.2) is 59.1 Å². The van der Waals surface area contributed by atoms with Crippen LogP contribution in [0.4, 0.5) is 0 Å². The summed E-state index contributed by atoms with van der Waals surface area (Å²) in [6.07, 6.45) is 2.90. The first kappa shape index (κ1) is 24.4. The van der Waals surface area contributed by atoms with Gasteiger partial charge in [0, 0.05) is 32.2 Å². The number of amides is 1. The SMILES string of the molecule is CCc1nn(C[C@@H](C)COC(=O)c2ccc(C(=O)O)cc2)c2c1C(=O)NCCCOCCC2. The number of aromatic nitrogens is 2. The first-order valence-corrected chi connectivity index (χ1v) is 11.4. The van der Waals surface area contributed by atoms with Crippen LogP contribution in [0.5, 0.6) is 0 Å². The average Bonchev–Trinajstić information content (AvgIpc) is 3.14. The number of nitrogens with one attached hydrogen (secondary N) is 1. The van der Waals surface area contributed by atoms with Gasteiger partial charge in [-0.15, -0.1) is 0 Å². The number of carboxylic acid groups (broad SMARTS) is 1. The zero-order valence-electron chi connectivity index (χ0n) is 19.1. The fourth-order valence-corrected chi connectivity index (χ4v) is 3.77. The molecule has 0 radical (unpaired) electrons. The van der Waals surface area contributed by atoms with Gasteiger partial charge in [-0.3, -0.25) is 9.48 Å². The van der Waals surface area contributed by atoms with E-state index in [1.807, 2.05) is 18.5 Å². The second-order valence-electron chi connectivity index (χ2n) is 8.22. The number of aromatic carboxylic acids is 1. The Morgan fingerprint density at radius 1 is 1.21 bits per heavy atom. The summed E-state index contributed by atoms with van der Waals surface area (Å²) in [4.78, 5) is 36.1. The van der Waals surface area contributed by atoms with Crippen molar-refractivity contribution in [3.8, 4) is 0 Å². The molecule has 9 nitrogen and oxygen atoms in total. The molecule has 2 N–H and O–H groups in total. The Morgan fingerprint density at radius 3 is 2.61 bits per heavy atom. The van der Waals surface area contributed by atoms with E-state index in [4.69, 9.17) is 19.7 Å². The number of carbonyl (C=O) groups excluding carboxylic acids is 2. The van der Waals surface area contributed by atoms with E-state index in [0.29, 0.717) is 50.3 Å². The highest BCUT2D eigenvalue weighted by Gasteiger charge is 2.24. The molecule has 0 spiro atoms. The minimum atomic E-state index is -1.05. The summed E-state index contributed by atoms with van der Waals surface area (Å²) >= 11 is 0. The van der Waals surface area contributed by atoms with Crippen LogP contribution in [0, 0.1) is 5.92 Å². The van der Waals surface area contributed by atoms with Gasteiger partial charge in [0.2, 0.25) is 0 Å². The Labute approximate surface area is 193 Å². The number of carbonyl (C=O) groups is 3. The van der Waals surface area contributed by atoms with Crippen molar-refractivity contribution in [1.82, 2.24) is 15.1 Å². The zero-order valence-corrected chi connectivity index (χ0v) is 19.1. The van der Waals surface area contributed by atoms with Crippen molar-refractivity contribution in [2.24, 2.45) is 5.92 Å². The second kappa shape index (κ2) is 11.6. The van der Waals surface area contributed by atoms with Gasteiger partial charge in [-0.05, 0) is 49.9 Å². The smallest absolute Gasteiger partial charge is 0.338 e. The maximum atomic E-state index is 12.8. The Morgan fingerprint density at radius 2 is 1.91 bits per heavy atom. The molecule has 1 amide bonds. The van der Waals surface area contributed by atoms with Gasteiger partial charge in [-0.25, -0.2) is 9.59 Å². The van der Waals surface area contributed by atoms with Crippen LogP contribution < -0.4 is 5.32 Å². The maximum Gasteiger partial charge on any atom is 0.338 e. The van der Waals surface area contributed by atoms with E-state index < -0.39 is 11.9 Å².